The van der Waals surface area contributed by atoms with E-state index in [1.165, 1.54) is 0 Å². The van der Waals surface area contributed by atoms with Crippen molar-refractivity contribution < 1.29 is 37.5 Å². The van der Waals surface area contributed by atoms with Gasteiger partial charge in [0, 0.05) is 32.7 Å². The molecule has 1 unspecified atom stereocenters. The summed E-state index contributed by atoms with van der Waals surface area (Å²) < 4.78 is 0. The number of carbonyl (C=O) groups is 1. The molecule has 0 aliphatic rings. The van der Waals surface area contributed by atoms with Crippen molar-refractivity contribution in [2.45, 2.75) is 13.0 Å². The number of nitrogens with one attached hydrogen (secondary N) is 1. The molecule has 0 amide bonds. The van der Waals surface area contributed by atoms with Crippen LogP contribution in [-0.4, -0.2) is 18.9 Å². The summed E-state index contributed by atoms with van der Waals surface area (Å²) in [6.07, 6.45) is 0. The fraction of sp³-hybridized carbons (Fsp3) is 0.300. The van der Waals surface area contributed by atoms with Gasteiger partial charge in [-0.2, -0.15) is 30.3 Å². The van der Waals surface area contributed by atoms with Crippen LogP contribution in [0.25, 0.3) is 0 Å². The molecule has 0 saturated heterocycles. The van der Waals surface area contributed by atoms with Crippen LogP contribution in [0.5, 0.6) is 0 Å². The Balaban J connectivity index is 0.00000144. The molecule has 1 N–H and O–H groups in total. The molecule has 0 bridgehead atoms. The Labute approximate surface area is 104 Å². The summed E-state index contributed by atoms with van der Waals surface area (Å²) >= 11 is 0. The van der Waals surface area contributed by atoms with E-state index in [1.807, 2.05) is 6.92 Å². The molecular weight excluding hydrogens is 239 g/mol. The van der Waals surface area contributed by atoms with Crippen molar-refractivity contribution in [2.24, 2.45) is 0 Å². The monoisotopic (exact) mass is 251 g/mol. The fourth-order valence-corrected chi connectivity index (χ4v) is 0.932. The van der Waals surface area contributed by atoms with Gasteiger partial charge in [0.05, 0.1) is 6.04 Å². The number of hydrogen-bond acceptors (Lipinski definition) is 2. The Morgan fingerprint density at radius 3 is 2.46 bits per heavy atom. The average molecular weight is 251 g/mol. The fourth-order valence-electron chi connectivity index (χ4n) is 0.932. The third kappa shape index (κ3) is 3.67. The van der Waals surface area contributed by atoms with Crippen molar-refractivity contribution in [1.29, 1.82) is 0 Å². The number of Topliss-reactive ketones (excluding diaryl/α,β-unsaturated/α-hetero) is 1. The maximum Gasteiger partial charge on any atom is 0.155 e. The van der Waals surface area contributed by atoms with Crippen LogP contribution >= 0.6 is 0 Å². The molecule has 1 rings (SSSR count). The summed E-state index contributed by atoms with van der Waals surface area (Å²) in [6, 6.07) is 9.79. The smallest absolute Gasteiger partial charge is 0.155 e. The number of ketones is 1. The topological polar surface area (TPSA) is 29.1 Å². The summed E-state index contributed by atoms with van der Waals surface area (Å²) in [6.45, 7) is 1.85. The van der Waals surface area contributed by atoms with E-state index in [0.29, 0.717) is 0 Å². The van der Waals surface area contributed by atoms with E-state index in [0.717, 1.165) is 5.56 Å². The summed E-state index contributed by atoms with van der Waals surface area (Å²) in [5, 5.41) is 2.90. The van der Waals surface area contributed by atoms with Gasteiger partial charge in [0.1, 0.15) is 0 Å². The molecule has 3 heteroatoms. The van der Waals surface area contributed by atoms with E-state index in [9.17, 15) is 4.79 Å². The normalized spacial score (nSPS) is 11.5. The molecule has 0 heterocycles. The van der Waals surface area contributed by atoms with Crippen molar-refractivity contribution >= 4 is 5.78 Å². The average Bonchev–Trinajstić information content (AvgIpc) is 2.17. The van der Waals surface area contributed by atoms with Gasteiger partial charge in [-0.05, 0) is 14.0 Å². The van der Waals surface area contributed by atoms with Gasteiger partial charge in [-0.25, -0.2) is 0 Å². The van der Waals surface area contributed by atoms with Crippen LogP contribution in [-0.2, 0) is 32.7 Å². The molecule has 1 radical (unpaired) electrons. The first-order chi connectivity index (χ1) is 5.75. The molecule has 0 aliphatic heterocycles. The molecule has 0 fully saturated rings. The van der Waals surface area contributed by atoms with Crippen LogP contribution in [0.1, 0.15) is 17.3 Å². The van der Waals surface area contributed by atoms with Gasteiger partial charge in [-0.1, -0.05) is 5.56 Å². The van der Waals surface area contributed by atoms with Gasteiger partial charge >= 0.3 is 0 Å². The quantitative estimate of drug-likeness (QED) is 0.647. The van der Waals surface area contributed by atoms with Crippen LogP contribution < -0.4 is 5.32 Å². The summed E-state index contributed by atoms with van der Waals surface area (Å²) in [5.74, 6) is 0.117. The van der Waals surface area contributed by atoms with Gasteiger partial charge in [0.15, 0.2) is 5.78 Å². The van der Waals surface area contributed by atoms with Gasteiger partial charge in [0.25, 0.3) is 0 Å². The van der Waals surface area contributed by atoms with Crippen LogP contribution in [0.15, 0.2) is 24.3 Å². The van der Waals surface area contributed by atoms with E-state index in [2.05, 4.69) is 11.4 Å². The number of carbonyl (C=O) groups excluding carboxylic acids is 1. The van der Waals surface area contributed by atoms with Crippen molar-refractivity contribution in [3.05, 3.63) is 35.9 Å². The zero-order valence-electron chi connectivity index (χ0n) is 7.87. The van der Waals surface area contributed by atoms with Crippen molar-refractivity contribution in [2.75, 3.05) is 7.05 Å². The SMILES string of the molecule is CNC(C)C(=O)c1cc[c-]cc1.[Y]. The van der Waals surface area contributed by atoms with Crippen molar-refractivity contribution in [3.8, 4) is 0 Å². The van der Waals surface area contributed by atoms with Crippen LogP contribution in [0, 0.1) is 6.07 Å². The van der Waals surface area contributed by atoms with Gasteiger partial charge in [0.2, 0.25) is 0 Å². The number of likely N-dealkylation sites (N-methyl/N-ethyl adjacent to an activating group) is 1. The first kappa shape index (κ1) is 13.0. The molecular formula is C10H12NOY-. The van der Waals surface area contributed by atoms with Crippen molar-refractivity contribution in [3.63, 3.8) is 0 Å². The van der Waals surface area contributed by atoms with Crippen LogP contribution in [0.2, 0.25) is 0 Å². The molecule has 0 saturated carbocycles. The van der Waals surface area contributed by atoms with E-state index in [4.69, 9.17) is 0 Å². The summed E-state index contributed by atoms with van der Waals surface area (Å²) in [7, 11) is 1.78. The third-order valence-electron chi connectivity index (χ3n) is 1.83. The zero-order valence-corrected chi connectivity index (χ0v) is 10.7. The number of hydrogen-bond donors (Lipinski definition) is 1. The Morgan fingerprint density at radius 1 is 1.46 bits per heavy atom. The van der Waals surface area contributed by atoms with Gasteiger partial charge in [-0.3, -0.25) is 4.79 Å². The molecule has 1 aromatic rings. The molecule has 1 atom stereocenters. The Morgan fingerprint density at radius 2 is 2.00 bits per heavy atom. The van der Waals surface area contributed by atoms with Gasteiger partial charge < -0.3 is 5.32 Å². The van der Waals surface area contributed by atoms with Gasteiger partial charge in [-0.15, -0.1) is 0 Å². The molecule has 1 aromatic carbocycles. The first-order valence-electron chi connectivity index (χ1n) is 3.93. The minimum Gasteiger partial charge on any atom is -0.311 e. The summed E-state index contributed by atoms with van der Waals surface area (Å²) in [4.78, 5) is 11.5. The molecule has 0 aliphatic carbocycles. The third-order valence-corrected chi connectivity index (χ3v) is 1.83. The molecule has 0 spiro atoms. The standard InChI is InChI=1S/C10H12NO.Y/c1-8(11-2)10(12)9-6-4-3-5-7-9;/h4-8,11H,1-2H3;/q-1;. The van der Waals surface area contributed by atoms with E-state index in [1.54, 1.807) is 31.3 Å². The minimum atomic E-state index is -0.118. The summed E-state index contributed by atoms with van der Waals surface area (Å²) in [5.41, 5.74) is 0.732. The molecule has 0 aromatic heterocycles. The Bertz CT molecular complexity index is 261. The van der Waals surface area contributed by atoms with Crippen LogP contribution in [0.4, 0.5) is 0 Å². The maximum atomic E-state index is 11.5. The van der Waals surface area contributed by atoms with Crippen LogP contribution in [0.3, 0.4) is 0 Å². The predicted octanol–water partition coefficient (Wildman–Crippen LogP) is 1.27. The number of benzene rings is 1. The second-order valence-corrected chi connectivity index (χ2v) is 2.66. The Hall–Kier alpha value is -0.0461. The van der Waals surface area contributed by atoms with E-state index in [-0.39, 0.29) is 44.5 Å². The molecule has 2 nitrogen and oxygen atoms in total. The maximum absolute atomic E-state index is 11.5. The zero-order chi connectivity index (χ0) is 8.97. The van der Waals surface area contributed by atoms with E-state index >= 15 is 0 Å². The second kappa shape index (κ2) is 6.41. The second-order valence-electron chi connectivity index (χ2n) is 2.66. The number of rotatable bonds is 3. The molecule has 67 valence electrons. The predicted molar refractivity (Wildman–Crippen MR) is 48.1 cm³/mol. The molecule has 13 heavy (non-hydrogen) atoms. The Kier molecular flexibility index (Phi) is 6.39. The first-order valence-corrected chi connectivity index (χ1v) is 3.93. The minimum absolute atomic E-state index is 0. The largest absolute Gasteiger partial charge is 0.311 e. The van der Waals surface area contributed by atoms with Crippen molar-refractivity contribution in [1.82, 2.24) is 5.32 Å². The van der Waals surface area contributed by atoms with E-state index < -0.39 is 0 Å².